The first-order chi connectivity index (χ1) is 23.6. The van der Waals surface area contributed by atoms with Gasteiger partial charge in [0.15, 0.2) is 23.6 Å². The third kappa shape index (κ3) is 3.99. The molecule has 4 bridgehead atoms. The van der Waals surface area contributed by atoms with Crippen LogP contribution in [0.4, 0.5) is 0 Å². The number of esters is 3. The summed E-state index contributed by atoms with van der Waals surface area (Å²) >= 11 is 0. The van der Waals surface area contributed by atoms with Crippen LogP contribution >= 0.6 is 0 Å². The lowest BCUT2D eigenvalue weighted by Crippen LogP contribution is -2.94. The van der Waals surface area contributed by atoms with E-state index in [1.54, 1.807) is 26.8 Å². The summed E-state index contributed by atoms with van der Waals surface area (Å²) in [5.74, 6) is -6.89. The van der Waals surface area contributed by atoms with Crippen molar-refractivity contribution in [1.29, 1.82) is 0 Å². The molecule has 14 nitrogen and oxygen atoms in total. The summed E-state index contributed by atoms with van der Waals surface area (Å²) in [6.07, 6.45) is -1.99. The number of Topliss-reactive ketones (excluding diaryl/α,β-unsaturated/α-hetero) is 1. The number of hydrogen-bond donors (Lipinski definition) is 2. The topological polar surface area (TPSA) is 186 Å². The van der Waals surface area contributed by atoms with E-state index in [4.69, 9.17) is 37.6 Å². The number of aliphatic hydroxyl groups excluding tert-OH is 1. The van der Waals surface area contributed by atoms with Crippen molar-refractivity contribution in [3.8, 4) is 0 Å². The lowest BCUT2D eigenvalue weighted by molar-refractivity contribution is -0.478. The number of fused-ring (bicyclic) bond motifs is 2. The highest BCUT2D eigenvalue weighted by Gasteiger charge is 3.04. The molecule has 2 aliphatic heterocycles. The van der Waals surface area contributed by atoms with Crippen molar-refractivity contribution < 1.29 is 67.0 Å². The van der Waals surface area contributed by atoms with Crippen molar-refractivity contribution in [3.05, 3.63) is 24.2 Å². The lowest BCUT2D eigenvalue weighted by Gasteiger charge is -2.76. The van der Waals surface area contributed by atoms with Gasteiger partial charge in [-0.15, -0.1) is 0 Å². The Balaban J connectivity index is 1.61. The first-order valence-electron chi connectivity index (χ1n) is 17.7. The van der Waals surface area contributed by atoms with Crippen molar-refractivity contribution >= 4 is 23.7 Å². The fourth-order valence-corrected chi connectivity index (χ4v) is 12.7. The van der Waals surface area contributed by atoms with Crippen LogP contribution in [0, 0.1) is 34.0 Å². The van der Waals surface area contributed by atoms with E-state index in [0.29, 0.717) is 5.56 Å². The third-order valence-electron chi connectivity index (χ3n) is 13.9. The molecule has 4 aliphatic carbocycles. The number of ether oxygens (including phenoxy) is 7. The molecule has 0 aromatic carbocycles. The van der Waals surface area contributed by atoms with Gasteiger partial charge < -0.3 is 47.8 Å². The second kappa shape index (κ2) is 10.8. The van der Waals surface area contributed by atoms with Crippen LogP contribution in [0.3, 0.4) is 0 Å². The summed E-state index contributed by atoms with van der Waals surface area (Å²) in [5.41, 5.74) is -10.7. The molecule has 6 aliphatic rings. The monoisotopic (exact) mass is 718 g/mol. The average Bonchev–Trinajstić information content (AvgIpc) is 3.72. The van der Waals surface area contributed by atoms with Crippen LogP contribution < -0.4 is 0 Å². The lowest BCUT2D eigenvalue weighted by atomic mass is 9.33. The van der Waals surface area contributed by atoms with Crippen molar-refractivity contribution in [2.75, 3.05) is 7.11 Å². The predicted octanol–water partition coefficient (Wildman–Crippen LogP) is 3.50. The third-order valence-corrected chi connectivity index (χ3v) is 13.9. The molecule has 0 amide bonds. The van der Waals surface area contributed by atoms with Crippen molar-refractivity contribution in [2.45, 2.75) is 141 Å². The molecule has 1 aromatic heterocycles. The van der Waals surface area contributed by atoms with Gasteiger partial charge in [-0.25, -0.2) is 0 Å². The van der Waals surface area contributed by atoms with E-state index >= 15 is 4.79 Å². The van der Waals surface area contributed by atoms with Crippen LogP contribution in [0.25, 0.3) is 0 Å². The van der Waals surface area contributed by atoms with E-state index < -0.39 is 105 Å². The summed E-state index contributed by atoms with van der Waals surface area (Å²) in [7, 11) is 1.38. The van der Waals surface area contributed by atoms with Crippen LogP contribution in [0.5, 0.6) is 0 Å². The van der Waals surface area contributed by atoms with Gasteiger partial charge in [-0.2, -0.15) is 0 Å². The molecule has 1 aromatic rings. The number of ketones is 1. The zero-order chi connectivity index (χ0) is 37.5. The standard InChI is InChI=1S/C37H50O14/c1-18(2)25(42)26-30(6,27(46-19(3)38)22-11-14-45-16-22)12-13-34-32(8)23(15-24(41)44-10)31(7)17-35(32)36(43,28(31)47-20(4)39)29(48-21(5)40)37(26,34)51-33(9,49-34)50-35/h11,14,16,18,23-24,26-29,41,43H,12-13,15,17H2,1-10H3/t23?,24?,26?,27-,28?,29?,30-,31?,32?,33?,34?,35?,36+,37?/m1/s1. The summed E-state index contributed by atoms with van der Waals surface area (Å²) in [6, 6.07) is 1.66. The van der Waals surface area contributed by atoms with E-state index in [1.165, 1.54) is 40.4 Å². The maximum Gasteiger partial charge on any atom is 0.303 e. The Morgan fingerprint density at radius 1 is 0.922 bits per heavy atom. The number of furan rings is 1. The molecular weight excluding hydrogens is 668 g/mol. The minimum atomic E-state index is -2.31. The smallest absolute Gasteiger partial charge is 0.303 e. The van der Waals surface area contributed by atoms with Crippen molar-refractivity contribution in [1.82, 2.24) is 0 Å². The van der Waals surface area contributed by atoms with E-state index in [9.17, 15) is 24.6 Å². The molecule has 14 atom stereocenters. The SMILES string of the molecule is COC(O)CC1C2(C)CC34OC5(C)OC6(C(OC(C)=O)[C@@]3(O)C2OC(C)=O)C(C(=O)C(C)C)[C@](C)([C@H](OC(C)=O)c2ccoc2)CCC6(O5)C14C. The molecule has 6 fully saturated rings. The molecule has 282 valence electrons. The first-order valence-corrected chi connectivity index (χ1v) is 17.7. The summed E-state index contributed by atoms with van der Waals surface area (Å²) in [4.78, 5) is 54.4. The second-order valence-corrected chi connectivity index (χ2v) is 16.8. The number of methoxy groups -OCH3 is 1. The Labute approximate surface area is 296 Å². The van der Waals surface area contributed by atoms with E-state index in [1.807, 2.05) is 20.8 Å². The Kier molecular flexibility index (Phi) is 7.76. The zero-order valence-corrected chi connectivity index (χ0v) is 30.9. The molecular formula is C37H50O14. The number of carbonyl (C=O) groups is 4. The minimum Gasteiger partial charge on any atom is -0.472 e. The van der Waals surface area contributed by atoms with Gasteiger partial charge in [0.2, 0.25) is 0 Å². The highest BCUT2D eigenvalue weighted by molar-refractivity contribution is 5.86. The minimum absolute atomic E-state index is 0.0176. The molecule has 2 N–H and O–H groups in total. The van der Waals surface area contributed by atoms with Crippen LogP contribution in [-0.4, -0.2) is 87.9 Å². The van der Waals surface area contributed by atoms with Crippen LogP contribution in [0.2, 0.25) is 0 Å². The van der Waals surface area contributed by atoms with Gasteiger partial charge in [0.05, 0.1) is 18.4 Å². The van der Waals surface area contributed by atoms with Gasteiger partial charge in [0.1, 0.15) is 29.2 Å². The zero-order valence-electron chi connectivity index (χ0n) is 30.9. The molecule has 2 saturated heterocycles. The molecule has 14 heteroatoms. The van der Waals surface area contributed by atoms with Gasteiger partial charge in [0, 0.05) is 69.0 Å². The number of rotatable bonds is 10. The van der Waals surface area contributed by atoms with Crippen molar-refractivity contribution in [3.63, 3.8) is 0 Å². The highest BCUT2D eigenvalue weighted by atomic mass is 16.9. The second-order valence-electron chi connectivity index (χ2n) is 16.8. The maximum atomic E-state index is 15.3. The molecule has 51 heavy (non-hydrogen) atoms. The van der Waals surface area contributed by atoms with Gasteiger partial charge >= 0.3 is 17.9 Å². The molecule has 11 unspecified atom stereocenters. The van der Waals surface area contributed by atoms with Crippen molar-refractivity contribution in [2.24, 2.45) is 34.0 Å². The predicted molar refractivity (Wildman–Crippen MR) is 172 cm³/mol. The van der Waals surface area contributed by atoms with Gasteiger partial charge in [0.25, 0.3) is 5.97 Å². The number of carbonyl (C=O) groups excluding carboxylic acids is 4. The van der Waals surface area contributed by atoms with E-state index in [0.717, 1.165) is 0 Å². The Hall–Kier alpha value is -2.88. The van der Waals surface area contributed by atoms with Crippen LogP contribution in [-0.2, 0) is 52.3 Å². The highest BCUT2D eigenvalue weighted by Crippen LogP contribution is 2.89. The maximum absolute atomic E-state index is 15.3. The van der Waals surface area contributed by atoms with Crippen LogP contribution in [0.1, 0.15) is 99.7 Å². The number of aliphatic hydroxyl groups is 2. The molecule has 7 rings (SSSR count). The molecule has 4 saturated carbocycles. The quantitative estimate of drug-likeness (QED) is 0.203. The fourth-order valence-electron chi connectivity index (χ4n) is 12.7. The Bertz CT molecular complexity index is 1660. The Morgan fingerprint density at radius 3 is 2.10 bits per heavy atom. The Morgan fingerprint density at radius 2 is 1.55 bits per heavy atom. The van der Waals surface area contributed by atoms with Crippen LogP contribution in [0.15, 0.2) is 23.0 Å². The molecule has 2 spiro atoms. The van der Waals surface area contributed by atoms with E-state index in [-0.39, 0.29) is 31.5 Å². The first kappa shape index (κ1) is 36.5. The summed E-state index contributed by atoms with van der Waals surface area (Å²) in [5, 5.41) is 24.9. The van der Waals surface area contributed by atoms with Gasteiger partial charge in [-0.1, -0.05) is 34.6 Å². The fraction of sp³-hybridized carbons (Fsp3) is 0.784. The number of hydrogen-bond acceptors (Lipinski definition) is 14. The normalized spacial score (nSPS) is 48.3. The molecule has 3 heterocycles. The largest absolute Gasteiger partial charge is 0.472 e. The van der Waals surface area contributed by atoms with E-state index in [2.05, 4.69) is 0 Å². The molecule has 0 radical (unpaired) electrons. The summed E-state index contributed by atoms with van der Waals surface area (Å²) < 4.78 is 50.6. The van der Waals surface area contributed by atoms with Gasteiger partial charge in [-0.3, -0.25) is 19.2 Å². The average molecular weight is 719 g/mol. The van der Waals surface area contributed by atoms with Gasteiger partial charge in [-0.05, 0) is 31.2 Å². The summed E-state index contributed by atoms with van der Waals surface area (Å²) in [6.45, 7) is 14.3.